The Morgan fingerprint density at radius 3 is 2.76 bits per heavy atom. The molecule has 0 aliphatic heterocycles. The highest BCUT2D eigenvalue weighted by Crippen LogP contribution is 2.11. The van der Waals surface area contributed by atoms with Gasteiger partial charge in [-0.3, -0.25) is 4.79 Å². The van der Waals surface area contributed by atoms with Crippen LogP contribution >= 0.6 is 0 Å². The van der Waals surface area contributed by atoms with Gasteiger partial charge in [-0.25, -0.2) is 9.97 Å². The summed E-state index contributed by atoms with van der Waals surface area (Å²) in [6, 6.07) is 3.20. The SMILES string of the molecule is COCCNc1cc(C(=O)Nc2cc(C)on2)nc(C)n1. The van der Waals surface area contributed by atoms with Gasteiger partial charge in [0.2, 0.25) is 0 Å². The summed E-state index contributed by atoms with van der Waals surface area (Å²) in [6.45, 7) is 4.60. The monoisotopic (exact) mass is 291 g/mol. The molecule has 8 heteroatoms. The van der Waals surface area contributed by atoms with E-state index in [9.17, 15) is 4.79 Å². The molecular formula is C13H17N5O3. The smallest absolute Gasteiger partial charge is 0.275 e. The number of ether oxygens (including phenoxy) is 1. The predicted octanol–water partition coefficient (Wildman–Crippen LogP) is 1.39. The number of carbonyl (C=O) groups is 1. The molecule has 2 rings (SSSR count). The van der Waals surface area contributed by atoms with E-state index in [-0.39, 0.29) is 11.6 Å². The van der Waals surface area contributed by atoms with E-state index in [1.165, 1.54) is 0 Å². The summed E-state index contributed by atoms with van der Waals surface area (Å²) in [5, 5.41) is 9.38. The van der Waals surface area contributed by atoms with E-state index >= 15 is 0 Å². The minimum atomic E-state index is -0.372. The van der Waals surface area contributed by atoms with Crippen molar-refractivity contribution < 1.29 is 14.1 Å². The topological polar surface area (TPSA) is 102 Å². The van der Waals surface area contributed by atoms with Crippen molar-refractivity contribution in [3.63, 3.8) is 0 Å². The van der Waals surface area contributed by atoms with Crippen molar-refractivity contribution in [1.82, 2.24) is 15.1 Å². The fourth-order valence-corrected chi connectivity index (χ4v) is 1.66. The molecule has 0 aliphatic rings. The van der Waals surface area contributed by atoms with Gasteiger partial charge in [0.25, 0.3) is 5.91 Å². The number of carbonyl (C=O) groups excluding carboxylic acids is 1. The molecule has 0 aliphatic carbocycles. The van der Waals surface area contributed by atoms with Crippen molar-refractivity contribution in [3.05, 3.63) is 29.4 Å². The second-order valence-electron chi connectivity index (χ2n) is 4.38. The predicted molar refractivity (Wildman–Crippen MR) is 76.3 cm³/mol. The lowest BCUT2D eigenvalue weighted by Gasteiger charge is -2.07. The van der Waals surface area contributed by atoms with Crippen LogP contribution in [0.4, 0.5) is 11.6 Å². The van der Waals surface area contributed by atoms with Gasteiger partial charge in [-0.05, 0) is 13.8 Å². The molecule has 0 unspecified atom stereocenters. The number of rotatable bonds is 6. The van der Waals surface area contributed by atoms with Crippen LogP contribution in [0, 0.1) is 13.8 Å². The Morgan fingerprint density at radius 2 is 2.10 bits per heavy atom. The van der Waals surface area contributed by atoms with Gasteiger partial charge in [0.05, 0.1) is 6.61 Å². The zero-order valence-electron chi connectivity index (χ0n) is 12.1. The van der Waals surface area contributed by atoms with Crippen molar-refractivity contribution in [3.8, 4) is 0 Å². The Bertz CT molecular complexity index is 626. The molecule has 2 N–H and O–H groups in total. The largest absolute Gasteiger partial charge is 0.383 e. The molecule has 0 atom stereocenters. The Hall–Kier alpha value is -2.48. The maximum absolute atomic E-state index is 12.1. The van der Waals surface area contributed by atoms with Crippen LogP contribution in [0.2, 0.25) is 0 Å². The summed E-state index contributed by atoms with van der Waals surface area (Å²) in [5.41, 5.74) is 0.253. The molecule has 0 bridgehead atoms. The molecule has 0 fully saturated rings. The van der Waals surface area contributed by atoms with Crippen LogP contribution < -0.4 is 10.6 Å². The Labute approximate surface area is 121 Å². The normalized spacial score (nSPS) is 10.4. The number of nitrogens with zero attached hydrogens (tertiary/aromatic N) is 3. The molecule has 2 aromatic heterocycles. The second-order valence-corrected chi connectivity index (χ2v) is 4.38. The van der Waals surface area contributed by atoms with E-state index in [2.05, 4.69) is 25.8 Å². The van der Waals surface area contributed by atoms with Crippen molar-refractivity contribution >= 4 is 17.5 Å². The van der Waals surface area contributed by atoms with Crippen LogP contribution in [-0.2, 0) is 4.74 Å². The van der Waals surface area contributed by atoms with Gasteiger partial charge in [0.1, 0.15) is 23.1 Å². The fourth-order valence-electron chi connectivity index (χ4n) is 1.66. The van der Waals surface area contributed by atoms with Gasteiger partial charge in [-0.15, -0.1) is 0 Å². The standard InChI is InChI=1S/C13H17N5O3/c1-8-6-12(18-21-8)17-13(19)10-7-11(14-4-5-20-3)16-9(2)15-10/h6-7H,4-5H2,1-3H3,(H,14,15,16)(H,17,18,19). The number of nitrogens with one attached hydrogen (secondary N) is 2. The van der Waals surface area contributed by atoms with Crippen LogP contribution in [0.5, 0.6) is 0 Å². The first-order valence-electron chi connectivity index (χ1n) is 6.41. The maximum atomic E-state index is 12.1. The van der Waals surface area contributed by atoms with Crippen molar-refractivity contribution in [2.24, 2.45) is 0 Å². The lowest BCUT2D eigenvalue weighted by Crippen LogP contribution is -2.17. The minimum Gasteiger partial charge on any atom is -0.383 e. The highest BCUT2D eigenvalue weighted by atomic mass is 16.5. The summed E-state index contributed by atoms with van der Waals surface area (Å²) in [7, 11) is 1.62. The van der Waals surface area contributed by atoms with Crippen LogP contribution in [0.25, 0.3) is 0 Å². The van der Waals surface area contributed by atoms with Gasteiger partial charge in [0.15, 0.2) is 5.82 Å². The molecule has 2 aromatic rings. The van der Waals surface area contributed by atoms with Gasteiger partial charge < -0.3 is 19.9 Å². The number of methoxy groups -OCH3 is 1. The first-order chi connectivity index (χ1) is 10.1. The molecule has 0 radical (unpaired) electrons. The van der Waals surface area contributed by atoms with Crippen LogP contribution in [0.15, 0.2) is 16.7 Å². The molecule has 1 amide bonds. The fraction of sp³-hybridized carbons (Fsp3) is 0.385. The molecular weight excluding hydrogens is 274 g/mol. The Kier molecular flexibility index (Phi) is 4.83. The number of aryl methyl sites for hydroxylation is 2. The van der Waals surface area contributed by atoms with Crippen molar-refractivity contribution in [1.29, 1.82) is 0 Å². The van der Waals surface area contributed by atoms with Gasteiger partial charge in [-0.2, -0.15) is 0 Å². The zero-order chi connectivity index (χ0) is 15.2. The van der Waals surface area contributed by atoms with E-state index < -0.39 is 0 Å². The van der Waals surface area contributed by atoms with Crippen LogP contribution in [-0.4, -0.2) is 41.3 Å². The number of amides is 1. The molecule has 0 saturated heterocycles. The molecule has 0 aromatic carbocycles. The molecule has 2 heterocycles. The maximum Gasteiger partial charge on any atom is 0.275 e. The first kappa shape index (κ1) is 14.9. The highest BCUT2D eigenvalue weighted by molar-refractivity contribution is 6.02. The lowest BCUT2D eigenvalue weighted by molar-refractivity contribution is 0.102. The summed E-state index contributed by atoms with van der Waals surface area (Å²) in [4.78, 5) is 20.4. The quantitative estimate of drug-likeness (QED) is 0.775. The van der Waals surface area contributed by atoms with Crippen molar-refractivity contribution in [2.75, 3.05) is 30.9 Å². The molecule has 21 heavy (non-hydrogen) atoms. The third kappa shape index (κ3) is 4.25. The van der Waals surface area contributed by atoms with Gasteiger partial charge in [0, 0.05) is 25.8 Å². The minimum absolute atomic E-state index is 0.253. The number of hydrogen-bond acceptors (Lipinski definition) is 7. The summed E-state index contributed by atoms with van der Waals surface area (Å²) in [5.74, 6) is 1.66. The third-order valence-electron chi connectivity index (χ3n) is 2.55. The Morgan fingerprint density at radius 1 is 1.29 bits per heavy atom. The van der Waals surface area contributed by atoms with E-state index in [1.807, 2.05) is 0 Å². The average molecular weight is 291 g/mol. The summed E-state index contributed by atoms with van der Waals surface area (Å²) in [6.07, 6.45) is 0. The van der Waals surface area contributed by atoms with Gasteiger partial charge in [-0.1, -0.05) is 5.16 Å². The van der Waals surface area contributed by atoms with Crippen LogP contribution in [0.1, 0.15) is 22.1 Å². The van der Waals surface area contributed by atoms with E-state index in [1.54, 1.807) is 33.1 Å². The molecule has 112 valence electrons. The highest BCUT2D eigenvalue weighted by Gasteiger charge is 2.12. The first-order valence-corrected chi connectivity index (χ1v) is 6.41. The van der Waals surface area contributed by atoms with E-state index in [4.69, 9.17) is 9.26 Å². The number of anilines is 2. The third-order valence-corrected chi connectivity index (χ3v) is 2.55. The number of aromatic nitrogens is 3. The van der Waals surface area contributed by atoms with Crippen LogP contribution in [0.3, 0.4) is 0 Å². The summed E-state index contributed by atoms with van der Waals surface area (Å²) < 4.78 is 9.84. The number of hydrogen-bond donors (Lipinski definition) is 2. The molecule has 0 spiro atoms. The zero-order valence-corrected chi connectivity index (χ0v) is 12.1. The second kappa shape index (κ2) is 6.80. The van der Waals surface area contributed by atoms with E-state index in [0.717, 1.165) is 0 Å². The van der Waals surface area contributed by atoms with E-state index in [0.29, 0.717) is 36.4 Å². The average Bonchev–Trinajstić information content (AvgIpc) is 2.84. The Balaban J connectivity index is 2.09. The molecule has 0 saturated carbocycles. The molecule has 8 nitrogen and oxygen atoms in total. The van der Waals surface area contributed by atoms with Crippen molar-refractivity contribution in [2.45, 2.75) is 13.8 Å². The van der Waals surface area contributed by atoms with Gasteiger partial charge >= 0.3 is 0 Å². The lowest BCUT2D eigenvalue weighted by atomic mass is 10.3. The summed E-state index contributed by atoms with van der Waals surface area (Å²) >= 11 is 0.